The number of aromatic nitrogens is 2. The number of fused-ring (bicyclic) bond motifs is 1. The summed E-state index contributed by atoms with van der Waals surface area (Å²) in [6.07, 6.45) is 8.75. The van der Waals surface area contributed by atoms with Crippen LogP contribution in [0, 0.1) is 0 Å². The van der Waals surface area contributed by atoms with Crippen molar-refractivity contribution in [2.75, 3.05) is 13.1 Å². The molecule has 2 N–H and O–H groups in total. The summed E-state index contributed by atoms with van der Waals surface area (Å²) in [5, 5.41) is 4.22. The monoisotopic (exact) mass is 390 g/mol. The smallest absolute Gasteiger partial charge is 0.317 e. The molecule has 0 radical (unpaired) electrons. The Morgan fingerprint density at radius 2 is 2.25 bits per heavy atom. The number of urea groups is 1. The molecule has 2 aromatic rings. The zero-order chi connectivity index (χ0) is 17.1. The van der Waals surface area contributed by atoms with Gasteiger partial charge in [-0.1, -0.05) is 19.9 Å². The second-order valence-electron chi connectivity index (χ2n) is 6.14. The first kappa shape index (κ1) is 17.0. The van der Waals surface area contributed by atoms with E-state index >= 15 is 0 Å². The third-order valence-electron chi connectivity index (χ3n) is 4.65. The minimum absolute atomic E-state index is 0.0438. The Kier molecular flexibility index (Phi) is 5.23. The molecule has 0 atom stereocenters. The molecule has 0 aromatic carbocycles. The van der Waals surface area contributed by atoms with Gasteiger partial charge in [-0.2, -0.15) is 0 Å². The van der Waals surface area contributed by atoms with E-state index in [-0.39, 0.29) is 12.1 Å². The molecular formula is C18H23BrN4O. The van der Waals surface area contributed by atoms with Crippen molar-refractivity contribution in [3.8, 4) is 0 Å². The quantitative estimate of drug-likeness (QED) is 0.816. The predicted molar refractivity (Wildman–Crippen MR) is 101 cm³/mol. The Bertz CT molecular complexity index is 763. The maximum atomic E-state index is 12.3. The third kappa shape index (κ3) is 3.48. The van der Waals surface area contributed by atoms with Gasteiger partial charge in [0.15, 0.2) is 0 Å². The lowest BCUT2D eigenvalue weighted by Gasteiger charge is -2.28. The highest BCUT2D eigenvalue weighted by atomic mass is 79.9. The average Bonchev–Trinajstić information content (AvgIpc) is 3.02. The Hall–Kier alpha value is -1.82. The first-order valence-corrected chi connectivity index (χ1v) is 9.29. The molecule has 3 rings (SSSR count). The Morgan fingerprint density at radius 1 is 1.46 bits per heavy atom. The van der Waals surface area contributed by atoms with Crippen LogP contribution in [0.3, 0.4) is 0 Å². The van der Waals surface area contributed by atoms with Gasteiger partial charge in [-0.15, -0.1) is 0 Å². The van der Waals surface area contributed by atoms with Crippen LogP contribution in [0.2, 0.25) is 0 Å². The standard InChI is InChI=1S/C18H23BrN4O/c1-3-14(4-2)22-18(24)23-7-5-12(6-8-23)16-11-21-17-15(16)9-13(19)10-20-17/h5,9-11,14H,3-4,6-8H2,1-2H3,(H,20,21)(H,22,24). The van der Waals surface area contributed by atoms with Crippen molar-refractivity contribution in [2.24, 2.45) is 0 Å². The number of carbonyl (C=O) groups excluding carboxylic acids is 1. The molecule has 5 nitrogen and oxygen atoms in total. The van der Waals surface area contributed by atoms with Crippen molar-refractivity contribution in [3.63, 3.8) is 0 Å². The minimum Gasteiger partial charge on any atom is -0.346 e. The summed E-state index contributed by atoms with van der Waals surface area (Å²) < 4.78 is 0.971. The molecule has 0 unspecified atom stereocenters. The Morgan fingerprint density at radius 3 is 2.92 bits per heavy atom. The number of H-pyrrole nitrogens is 1. The SMILES string of the molecule is CCC(CC)NC(=O)N1CC=C(c2c[nH]c3ncc(Br)cc23)CC1. The van der Waals surface area contributed by atoms with Crippen LogP contribution in [0.15, 0.2) is 29.0 Å². The minimum atomic E-state index is 0.0438. The van der Waals surface area contributed by atoms with Crippen LogP contribution in [-0.4, -0.2) is 40.0 Å². The third-order valence-corrected chi connectivity index (χ3v) is 5.09. The molecule has 3 heterocycles. The number of halogens is 1. The van der Waals surface area contributed by atoms with Crippen molar-refractivity contribution in [1.82, 2.24) is 20.2 Å². The van der Waals surface area contributed by atoms with Gasteiger partial charge in [-0.05, 0) is 46.8 Å². The van der Waals surface area contributed by atoms with Gasteiger partial charge < -0.3 is 15.2 Å². The normalized spacial score (nSPS) is 15.0. The van der Waals surface area contributed by atoms with Gasteiger partial charge in [0.1, 0.15) is 5.65 Å². The molecular weight excluding hydrogens is 368 g/mol. The number of hydrogen-bond acceptors (Lipinski definition) is 2. The summed E-state index contributed by atoms with van der Waals surface area (Å²) in [6.45, 7) is 5.60. The predicted octanol–water partition coefficient (Wildman–Crippen LogP) is 4.31. The summed E-state index contributed by atoms with van der Waals surface area (Å²) >= 11 is 3.48. The molecule has 1 aliphatic rings. The fourth-order valence-electron chi connectivity index (χ4n) is 3.10. The fourth-order valence-corrected chi connectivity index (χ4v) is 3.43. The van der Waals surface area contributed by atoms with Crippen LogP contribution in [-0.2, 0) is 0 Å². The van der Waals surface area contributed by atoms with Crippen LogP contribution in [0.1, 0.15) is 38.7 Å². The van der Waals surface area contributed by atoms with Gasteiger partial charge in [-0.25, -0.2) is 9.78 Å². The second kappa shape index (κ2) is 7.38. The van der Waals surface area contributed by atoms with Crippen LogP contribution < -0.4 is 5.32 Å². The van der Waals surface area contributed by atoms with E-state index < -0.39 is 0 Å². The van der Waals surface area contributed by atoms with Gasteiger partial charge in [0.25, 0.3) is 0 Å². The molecule has 6 heteroatoms. The number of pyridine rings is 1. The molecule has 2 aromatic heterocycles. The van der Waals surface area contributed by atoms with Crippen molar-refractivity contribution in [1.29, 1.82) is 0 Å². The van der Waals surface area contributed by atoms with Crippen molar-refractivity contribution in [3.05, 3.63) is 34.6 Å². The topological polar surface area (TPSA) is 61.0 Å². The van der Waals surface area contributed by atoms with Crippen molar-refractivity contribution in [2.45, 2.75) is 39.2 Å². The summed E-state index contributed by atoms with van der Waals surface area (Å²) in [6, 6.07) is 2.39. The van der Waals surface area contributed by atoms with E-state index in [0.29, 0.717) is 6.54 Å². The molecule has 1 aliphatic heterocycles. The van der Waals surface area contributed by atoms with Gasteiger partial charge in [0.2, 0.25) is 0 Å². The lowest BCUT2D eigenvalue weighted by Crippen LogP contribution is -2.46. The van der Waals surface area contributed by atoms with E-state index in [0.717, 1.165) is 41.3 Å². The lowest BCUT2D eigenvalue weighted by atomic mass is 10.00. The van der Waals surface area contributed by atoms with E-state index in [1.165, 1.54) is 11.1 Å². The van der Waals surface area contributed by atoms with E-state index in [9.17, 15) is 4.79 Å². The van der Waals surface area contributed by atoms with Gasteiger partial charge in [0, 0.05) is 46.9 Å². The van der Waals surface area contributed by atoms with Crippen LogP contribution >= 0.6 is 15.9 Å². The van der Waals surface area contributed by atoms with Gasteiger partial charge in [0.05, 0.1) is 0 Å². The number of nitrogens with zero attached hydrogens (tertiary/aromatic N) is 2. The van der Waals surface area contributed by atoms with Crippen molar-refractivity contribution < 1.29 is 4.79 Å². The van der Waals surface area contributed by atoms with Crippen LogP contribution in [0.4, 0.5) is 4.79 Å². The van der Waals surface area contributed by atoms with E-state index in [1.54, 1.807) is 6.20 Å². The number of nitrogens with one attached hydrogen (secondary N) is 2. The maximum absolute atomic E-state index is 12.3. The molecule has 128 valence electrons. The summed E-state index contributed by atoms with van der Waals surface area (Å²) in [7, 11) is 0. The molecule has 2 amide bonds. The number of rotatable bonds is 4. The molecule has 24 heavy (non-hydrogen) atoms. The van der Waals surface area contributed by atoms with E-state index in [4.69, 9.17) is 0 Å². The number of aromatic amines is 1. The largest absolute Gasteiger partial charge is 0.346 e. The Balaban J connectivity index is 1.73. The second-order valence-corrected chi connectivity index (χ2v) is 7.06. The highest BCUT2D eigenvalue weighted by Gasteiger charge is 2.20. The molecule has 0 saturated heterocycles. The number of carbonyl (C=O) groups is 1. The number of amides is 2. The Labute approximate surface area is 150 Å². The molecule has 0 spiro atoms. The van der Waals surface area contributed by atoms with Crippen LogP contribution in [0.5, 0.6) is 0 Å². The number of hydrogen-bond donors (Lipinski definition) is 2. The lowest BCUT2D eigenvalue weighted by molar-refractivity contribution is 0.198. The fraction of sp³-hybridized carbons (Fsp3) is 0.444. The maximum Gasteiger partial charge on any atom is 0.317 e. The van der Waals surface area contributed by atoms with Gasteiger partial charge >= 0.3 is 6.03 Å². The van der Waals surface area contributed by atoms with E-state index in [1.807, 2.05) is 11.1 Å². The molecule has 0 saturated carbocycles. The molecule has 0 fully saturated rings. The average molecular weight is 391 g/mol. The van der Waals surface area contributed by atoms with E-state index in [2.05, 4.69) is 57.2 Å². The summed E-state index contributed by atoms with van der Waals surface area (Å²) in [5.41, 5.74) is 3.34. The molecule has 0 aliphatic carbocycles. The van der Waals surface area contributed by atoms with Crippen molar-refractivity contribution >= 4 is 38.6 Å². The summed E-state index contributed by atoms with van der Waals surface area (Å²) in [4.78, 5) is 21.8. The first-order chi connectivity index (χ1) is 11.6. The summed E-state index contributed by atoms with van der Waals surface area (Å²) in [5.74, 6) is 0. The van der Waals surface area contributed by atoms with Gasteiger partial charge in [-0.3, -0.25) is 0 Å². The zero-order valence-electron chi connectivity index (χ0n) is 14.1. The first-order valence-electron chi connectivity index (χ1n) is 8.49. The highest BCUT2D eigenvalue weighted by Crippen LogP contribution is 2.30. The molecule has 0 bridgehead atoms. The van der Waals surface area contributed by atoms with Crippen LogP contribution in [0.25, 0.3) is 16.6 Å². The zero-order valence-corrected chi connectivity index (χ0v) is 15.7. The highest BCUT2D eigenvalue weighted by molar-refractivity contribution is 9.10.